The zero-order valence-electron chi connectivity index (χ0n) is 13.8. The van der Waals surface area contributed by atoms with Gasteiger partial charge in [-0.3, -0.25) is 0 Å². The quantitative estimate of drug-likeness (QED) is 0.895. The molecule has 3 heterocycles. The standard InChI is InChI=1S/C16H26N2O3S2/c1-12-5-13(2)7-17(6-12)23(20,21)18-8-15(10-19)16(9-18)14-3-4-22-11-14/h3-4,11-13,15-16,19H,5-10H2,1-2H3/t12-,13+,15-,16-/m1/s1. The third kappa shape index (κ3) is 3.49. The van der Waals surface area contributed by atoms with Crippen LogP contribution in [0.4, 0.5) is 0 Å². The van der Waals surface area contributed by atoms with Gasteiger partial charge < -0.3 is 5.11 Å². The molecule has 1 aromatic heterocycles. The van der Waals surface area contributed by atoms with Gasteiger partial charge in [-0.25, -0.2) is 0 Å². The van der Waals surface area contributed by atoms with Crippen LogP contribution in [0.25, 0.3) is 0 Å². The highest BCUT2D eigenvalue weighted by atomic mass is 32.2. The summed E-state index contributed by atoms with van der Waals surface area (Å²) in [7, 11) is -3.44. The van der Waals surface area contributed by atoms with Gasteiger partial charge in [-0.2, -0.15) is 28.4 Å². The molecule has 0 bridgehead atoms. The Bertz CT molecular complexity index is 607. The van der Waals surface area contributed by atoms with Crippen LogP contribution in [0.3, 0.4) is 0 Å². The predicted molar refractivity (Wildman–Crippen MR) is 92.6 cm³/mol. The highest BCUT2D eigenvalue weighted by Gasteiger charge is 2.42. The fraction of sp³-hybridized carbons (Fsp3) is 0.750. The van der Waals surface area contributed by atoms with Crippen molar-refractivity contribution in [3.05, 3.63) is 22.4 Å². The van der Waals surface area contributed by atoms with Crippen molar-refractivity contribution in [2.45, 2.75) is 26.2 Å². The SMILES string of the molecule is C[C@@H]1C[C@H](C)CN(S(=O)(=O)N2C[C@H](CO)[C@@H](c3ccsc3)C2)C1. The number of thiophene rings is 1. The van der Waals surface area contributed by atoms with Gasteiger partial charge in [-0.05, 0) is 40.6 Å². The van der Waals surface area contributed by atoms with E-state index in [4.69, 9.17) is 0 Å². The molecule has 1 N–H and O–H groups in total. The lowest BCUT2D eigenvalue weighted by atomic mass is 9.92. The first-order chi connectivity index (χ1) is 10.9. The van der Waals surface area contributed by atoms with Crippen LogP contribution in [-0.4, -0.2) is 54.9 Å². The van der Waals surface area contributed by atoms with Crippen LogP contribution in [0.15, 0.2) is 16.8 Å². The number of aliphatic hydroxyl groups is 1. The Kier molecular flexibility index (Phi) is 5.13. The molecule has 1 aromatic rings. The fourth-order valence-electron chi connectivity index (χ4n) is 4.03. The maximum absolute atomic E-state index is 13.0. The van der Waals surface area contributed by atoms with E-state index in [1.165, 1.54) is 0 Å². The lowest BCUT2D eigenvalue weighted by molar-refractivity contribution is 0.206. The highest BCUT2D eigenvalue weighted by molar-refractivity contribution is 7.86. The van der Waals surface area contributed by atoms with Crippen LogP contribution >= 0.6 is 11.3 Å². The van der Waals surface area contributed by atoms with Crippen molar-refractivity contribution >= 4 is 21.5 Å². The molecule has 5 nitrogen and oxygen atoms in total. The van der Waals surface area contributed by atoms with Gasteiger partial charge in [0.2, 0.25) is 0 Å². The van der Waals surface area contributed by atoms with E-state index in [-0.39, 0.29) is 18.4 Å². The second kappa shape index (κ2) is 6.80. The van der Waals surface area contributed by atoms with Gasteiger partial charge in [0.1, 0.15) is 0 Å². The monoisotopic (exact) mass is 358 g/mol. The smallest absolute Gasteiger partial charge is 0.282 e. The van der Waals surface area contributed by atoms with E-state index < -0.39 is 10.2 Å². The second-order valence-corrected chi connectivity index (χ2v) is 9.90. The third-order valence-electron chi connectivity index (χ3n) is 5.10. The number of piperidine rings is 1. The largest absolute Gasteiger partial charge is 0.396 e. The molecular weight excluding hydrogens is 332 g/mol. The van der Waals surface area contributed by atoms with Crippen molar-refractivity contribution in [2.75, 3.05) is 32.8 Å². The normalized spacial score (nSPS) is 34.0. The number of hydrogen-bond acceptors (Lipinski definition) is 4. The van der Waals surface area contributed by atoms with E-state index in [1.54, 1.807) is 19.9 Å². The molecular formula is C16H26N2O3S2. The van der Waals surface area contributed by atoms with Crippen molar-refractivity contribution < 1.29 is 13.5 Å². The van der Waals surface area contributed by atoms with E-state index in [0.717, 1.165) is 12.0 Å². The van der Waals surface area contributed by atoms with Crippen LogP contribution in [-0.2, 0) is 10.2 Å². The van der Waals surface area contributed by atoms with Gasteiger partial charge in [-0.1, -0.05) is 13.8 Å². The summed E-state index contributed by atoms with van der Waals surface area (Å²) < 4.78 is 29.3. The summed E-state index contributed by atoms with van der Waals surface area (Å²) in [6.45, 7) is 6.37. The Balaban J connectivity index is 1.78. The summed E-state index contributed by atoms with van der Waals surface area (Å²) in [6.07, 6.45) is 1.09. The molecule has 0 saturated carbocycles. The van der Waals surface area contributed by atoms with E-state index >= 15 is 0 Å². The van der Waals surface area contributed by atoms with Crippen molar-refractivity contribution in [3.63, 3.8) is 0 Å². The highest BCUT2D eigenvalue weighted by Crippen LogP contribution is 2.36. The summed E-state index contributed by atoms with van der Waals surface area (Å²) in [5.74, 6) is 0.884. The predicted octanol–water partition coefficient (Wildman–Crippen LogP) is 1.98. The van der Waals surface area contributed by atoms with Crippen LogP contribution in [0.1, 0.15) is 31.7 Å². The minimum absolute atomic E-state index is 0.0148. The lowest BCUT2D eigenvalue weighted by Crippen LogP contribution is -2.49. The van der Waals surface area contributed by atoms with Crippen LogP contribution in [0, 0.1) is 17.8 Å². The lowest BCUT2D eigenvalue weighted by Gasteiger charge is -2.36. The molecule has 23 heavy (non-hydrogen) atoms. The fourth-order valence-corrected chi connectivity index (χ4v) is 6.69. The Morgan fingerprint density at radius 1 is 1.17 bits per heavy atom. The summed E-state index contributed by atoms with van der Waals surface area (Å²) in [5, 5.41) is 13.8. The molecule has 2 aliphatic heterocycles. The number of aliphatic hydroxyl groups excluding tert-OH is 1. The van der Waals surface area contributed by atoms with Crippen molar-refractivity contribution in [1.29, 1.82) is 0 Å². The summed E-state index contributed by atoms with van der Waals surface area (Å²) in [6, 6.07) is 2.04. The van der Waals surface area contributed by atoms with E-state index in [2.05, 4.69) is 19.2 Å². The second-order valence-electron chi connectivity index (χ2n) is 7.19. The molecule has 7 heteroatoms. The van der Waals surface area contributed by atoms with Crippen molar-refractivity contribution in [2.24, 2.45) is 17.8 Å². The van der Waals surface area contributed by atoms with Crippen LogP contribution in [0.2, 0.25) is 0 Å². The number of rotatable bonds is 4. The Morgan fingerprint density at radius 2 is 1.83 bits per heavy atom. The number of nitrogens with zero attached hydrogens (tertiary/aromatic N) is 2. The summed E-state index contributed by atoms with van der Waals surface area (Å²) in [4.78, 5) is 0. The molecule has 0 aromatic carbocycles. The number of hydrogen-bond donors (Lipinski definition) is 1. The maximum Gasteiger partial charge on any atom is 0.282 e. The molecule has 0 amide bonds. The molecule has 0 radical (unpaired) electrons. The third-order valence-corrected chi connectivity index (χ3v) is 7.70. The minimum atomic E-state index is -3.44. The first kappa shape index (κ1) is 17.4. The van der Waals surface area contributed by atoms with Gasteiger partial charge in [0, 0.05) is 44.6 Å². The molecule has 0 spiro atoms. The summed E-state index contributed by atoms with van der Waals surface area (Å²) in [5.41, 5.74) is 1.15. The first-order valence-corrected chi connectivity index (χ1v) is 10.6. The topological polar surface area (TPSA) is 60.9 Å². The van der Waals surface area contributed by atoms with Crippen LogP contribution < -0.4 is 0 Å². The Hall–Kier alpha value is -0.470. The molecule has 3 rings (SSSR count). The molecule has 2 aliphatic rings. The van der Waals surface area contributed by atoms with Gasteiger partial charge in [-0.15, -0.1) is 0 Å². The van der Waals surface area contributed by atoms with E-state index in [0.29, 0.717) is 38.0 Å². The molecule has 4 atom stereocenters. The van der Waals surface area contributed by atoms with E-state index in [9.17, 15) is 13.5 Å². The molecule has 0 aliphatic carbocycles. The Labute approximate surface area is 143 Å². The minimum Gasteiger partial charge on any atom is -0.396 e. The van der Waals surface area contributed by atoms with Gasteiger partial charge in [0.05, 0.1) is 0 Å². The molecule has 0 unspecified atom stereocenters. The molecule has 130 valence electrons. The maximum atomic E-state index is 13.0. The summed E-state index contributed by atoms with van der Waals surface area (Å²) >= 11 is 1.62. The van der Waals surface area contributed by atoms with Gasteiger partial charge >= 0.3 is 0 Å². The average Bonchev–Trinajstić information content (AvgIpc) is 3.15. The van der Waals surface area contributed by atoms with Gasteiger partial charge in [0.15, 0.2) is 0 Å². The van der Waals surface area contributed by atoms with Crippen LogP contribution in [0.5, 0.6) is 0 Å². The van der Waals surface area contributed by atoms with E-state index in [1.807, 2.05) is 11.4 Å². The zero-order chi connectivity index (χ0) is 16.6. The molecule has 2 saturated heterocycles. The van der Waals surface area contributed by atoms with Gasteiger partial charge in [0.25, 0.3) is 10.2 Å². The molecule has 2 fully saturated rings. The average molecular weight is 359 g/mol. The Morgan fingerprint density at radius 3 is 2.39 bits per heavy atom. The first-order valence-electron chi connectivity index (χ1n) is 8.30. The van der Waals surface area contributed by atoms with Crippen molar-refractivity contribution in [1.82, 2.24) is 8.61 Å². The van der Waals surface area contributed by atoms with Crippen molar-refractivity contribution in [3.8, 4) is 0 Å². The zero-order valence-corrected chi connectivity index (χ0v) is 15.4.